The van der Waals surface area contributed by atoms with Gasteiger partial charge in [0, 0.05) is 5.54 Å². The summed E-state index contributed by atoms with van der Waals surface area (Å²) in [5.41, 5.74) is 0.317. The summed E-state index contributed by atoms with van der Waals surface area (Å²) < 4.78 is 5.62. The van der Waals surface area contributed by atoms with Gasteiger partial charge in [0.25, 0.3) is 0 Å². The molecule has 2 heteroatoms. The fourth-order valence-electron chi connectivity index (χ4n) is 3.26. The smallest absolute Gasteiger partial charge is 0.0971 e. The van der Waals surface area contributed by atoms with E-state index in [1.807, 2.05) is 0 Å². The quantitative estimate of drug-likeness (QED) is 0.456. The van der Waals surface area contributed by atoms with Crippen molar-refractivity contribution in [2.45, 2.75) is 103 Å². The summed E-state index contributed by atoms with van der Waals surface area (Å²) >= 11 is 0. The van der Waals surface area contributed by atoms with E-state index in [4.69, 9.17) is 4.74 Å². The van der Waals surface area contributed by atoms with Gasteiger partial charge in [0.1, 0.15) is 0 Å². The maximum Gasteiger partial charge on any atom is 0.0971 e. The summed E-state index contributed by atoms with van der Waals surface area (Å²) in [5, 5.41) is 3.64. The van der Waals surface area contributed by atoms with Gasteiger partial charge in [-0.15, -0.1) is 0 Å². The van der Waals surface area contributed by atoms with Crippen molar-refractivity contribution in [1.82, 2.24) is 5.32 Å². The van der Waals surface area contributed by atoms with Crippen LogP contribution >= 0.6 is 0 Å². The highest BCUT2D eigenvalue weighted by atomic mass is 16.5. The number of rotatable bonds is 13. The highest BCUT2D eigenvalue weighted by Gasteiger charge is 2.32. The van der Waals surface area contributed by atoms with Crippen molar-refractivity contribution >= 4 is 0 Å². The Morgan fingerprint density at radius 1 is 0.750 bits per heavy atom. The molecule has 1 N–H and O–H groups in total. The maximum absolute atomic E-state index is 5.62. The zero-order valence-corrected chi connectivity index (χ0v) is 14.0. The molecule has 1 aliphatic heterocycles. The van der Waals surface area contributed by atoms with Crippen molar-refractivity contribution in [3.63, 3.8) is 0 Å². The van der Waals surface area contributed by atoms with Crippen LogP contribution in [0.2, 0.25) is 0 Å². The number of unbranched alkanes of at least 4 members (excludes halogenated alkanes) is 9. The highest BCUT2D eigenvalue weighted by molar-refractivity contribution is 4.90. The molecule has 1 aliphatic rings. The van der Waals surface area contributed by atoms with Crippen LogP contribution in [0.5, 0.6) is 0 Å². The molecule has 1 saturated heterocycles. The maximum atomic E-state index is 5.62. The molecule has 1 heterocycles. The van der Waals surface area contributed by atoms with E-state index in [0.29, 0.717) is 5.54 Å². The first kappa shape index (κ1) is 18.0. The molecule has 2 nitrogen and oxygen atoms in total. The first-order valence-electron chi connectivity index (χ1n) is 9.16. The summed E-state index contributed by atoms with van der Waals surface area (Å²) in [5.74, 6) is 0. The molecule has 120 valence electrons. The van der Waals surface area contributed by atoms with E-state index in [0.717, 1.165) is 13.3 Å². The molecule has 0 aliphatic carbocycles. The van der Waals surface area contributed by atoms with Gasteiger partial charge in [0.2, 0.25) is 0 Å². The van der Waals surface area contributed by atoms with Crippen LogP contribution in [0.25, 0.3) is 0 Å². The Morgan fingerprint density at radius 2 is 1.25 bits per heavy atom. The number of nitrogens with one attached hydrogen (secondary N) is 1. The van der Waals surface area contributed by atoms with E-state index in [9.17, 15) is 0 Å². The summed E-state index contributed by atoms with van der Waals surface area (Å²) in [4.78, 5) is 0. The SMILES string of the molecule is CCCCCCCCCC1(CCCCCC)COCN1. The minimum Gasteiger partial charge on any atom is -0.364 e. The van der Waals surface area contributed by atoms with Gasteiger partial charge in [-0.1, -0.05) is 84.5 Å². The lowest BCUT2D eigenvalue weighted by atomic mass is 9.87. The average Bonchev–Trinajstić information content (AvgIpc) is 2.92. The zero-order chi connectivity index (χ0) is 14.5. The summed E-state index contributed by atoms with van der Waals surface area (Å²) in [6.07, 6.45) is 17.9. The van der Waals surface area contributed by atoms with Crippen LogP contribution in [-0.4, -0.2) is 18.9 Å². The minimum atomic E-state index is 0.317. The van der Waals surface area contributed by atoms with Crippen LogP contribution in [0, 0.1) is 0 Å². The molecule has 0 aromatic heterocycles. The largest absolute Gasteiger partial charge is 0.364 e. The monoisotopic (exact) mass is 283 g/mol. The molecule has 0 aromatic carbocycles. The summed E-state index contributed by atoms with van der Waals surface area (Å²) in [6.45, 7) is 6.28. The third-order valence-electron chi connectivity index (χ3n) is 4.70. The minimum absolute atomic E-state index is 0.317. The van der Waals surface area contributed by atoms with Gasteiger partial charge in [-0.3, -0.25) is 5.32 Å². The summed E-state index contributed by atoms with van der Waals surface area (Å²) in [6, 6.07) is 0. The molecule has 1 atom stereocenters. The molecule has 0 saturated carbocycles. The fraction of sp³-hybridized carbons (Fsp3) is 1.00. The van der Waals surface area contributed by atoms with Crippen LogP contribution in [0.15, 0.2) is 0 Å². The first-order chi connectivity index (χ1) is 9.83. The van der Waals surface area contributed by atoms with Crippen LogP contribution in [-0.2, 0) is 4.74 Å². The second-order valence-electron chi connectivity index (χ2n) is 6.63. The van der Waals surface area contributed by atoms with Crippen molar-refractivity contribution in [2.24, 2.45) is 0 Å². The van der Waals surface area contributed by atoms with E-state index in [1.165, 1.54) is 83.5 Å². The van der Waals surface area contributed by atoms with Crippen LogP contribution in [0.3, 0.4) is 0 Å². The van der Waals surface area contributed by atoms with Crippen molar-refractivity contribution in [3.05, 3.63) is 0 Å². The standard InChI is InChI=1S/C18H37NO/c1-3-5-7-9-10-11-13-15-18(16-20-17-19-18)14-12-8-6-4-2/h19H,3-17H2,1-2H3. The number of ether oxygens (including phenoxy) is 1. The average molecular weight is 283 g/mol. The normalized spacial score (nSPS) is 22.5. The Kier molecular flexibility index (Phi) is 10.4. The predicted molar refractivity (Wildman–Crippen MR) is 88.1 cm³/mol. The third kappa shape index (κ3) is 7.64. The van der Waals surface area contributed by atoms with Gasteiger partial charge < -0.3 is 4.74 Å². The van der Waals surface area contributed by atoms with Crippen LogP contribution in [0.1, 0.15) is 97.3 Å². The van der Waals surface area contributed by atoms with Gasteiger partial charge in [-0.05, 0) is 12.8 Å². The highest BCUT2D eigenvalue weighted by Crippen LogP contribution is 2.26. The molecule has 0 bridgehead atoms. The molecule has 1 fully saturated rings. The Balaban J connectivity index is 2.08. The lowest BCUT2D eigenvalue weighted by Gasteiger charge is -2.28. The summed E-state index contributed by atoms with van der Waals surface area (Å²) in [7, 11) is 0. The first-order valence-corrected chi connectivity index (χ1v) is 9.16. The Hall–Kier alpha value is -0.0800. The van der Waals surface area contributed by atoms with Crippen molar-refractivity contribution in [3.8, 4) is 0 Å². The molecule has 1 unspecified atom stereocenters. The third-order valence-corrected chi connectivity index (χ3v) is 4.70. The van der Waals surface area contributed by atoms with Gasteiger partial charge in [-0.25, -0.2) is 0 Å². The van der Waals surface area contributed by atoms with E-state index < -0.39 is 0 Å². The molecule has 0 radical (unpaired) electrons. The van der Waals surface area contributed by atoms with E-state index in [2.05, 4.69) is 19.2 Å². The van der Waals surface area contributed by atoms with Gasteiger partial charge >= 0.3 is 0 Å². The van der Waals surface area contributed by atoms with E-state index in [1.54, 1.807) is 0 Å². The van der Waals surface area contributed by atoms with Crippen LogP contribution < -0.4 is 5.32 Å². The molecule has 20 heavy (non-hydrogen) atoms. The Bertz CT molecular complexity index is 211. The van der Waals surface area contributed by atoms with E-state index >= 15 is 0 Å². The van der Waals surface area contributed by atoms with Gasteiger partial charge in [0.15, 0.2) is 0 Å². The van der Waals surface area contributed by atoms with Crippen molar-refractivity contribution < 1.29 is 4.74 Å². The lowest BCUT2D eigenvalue weighted by Crippen LogP contribution is -2.42. The number of hydrogen-bond donors (Lipinski definition) is 1. The molecule has 1 rings (SSSR count). The van der Waals surface area contributed by atoms with Crippen molar-refractivity contribution in [1.29, 1.82) is 0 Å². The topological polar surface area (TPSA) is 21.3 Å². The van der Waals surface area contributed by atoms with Crippen molar-refractivity contribution in [2.75, 3.05) is 13.3 Å². The molecule has 0 amide bonds. The zero-order valence-electron chi connectivity index (χ0n) is 14.0. The molecular formula is C18H37NO. The predicted octanol–water partition coefficient (Wildman–Crippen LogP) is 5.41. The van der Waals surface area contributed by atoms with E-state index in [-0.39, 0.29) is 0 Å². The second kappa shape index (κ2) is 11.6. The number of hydrogen-bond acceptors (Lipinski definition) is 2. The van der Waals surface area contributed by atoms with Gasteiger partial charge in [0.05, 0.1) is 13.3 Å². The van der Waals surface area contributed by atoms with Gasteiger partial charge in [-0.2, -0.15) is 0 Å². The molecular weight excluding hydrogens is 246 g/mol. The Morgan fingerprint density at radius 3 is 1.75 bits per heavy atom. The van der Waals surface area contributed by atoms with Crippen LogP contribution in [0.4, 0.5) is 0 Å². The fourth-order valence-corrected chi connectivity index (χ4v) is 3.26. The Labute approximate surface area is 127 Å². The second-order valence-corrected chi connectivity index (χ2v) is 6.63. The molecule has 0 aromatic rings. The lowest BCUT2D eigenvalue weighted by molar-refractivity contribution is 0.169. The molecule has 0 spiro atoms.